The predicted octanol–water partition coefficient (Wildman–Crippen LogP) is 2.25. The van der Waals surface area contributed by atoms with E-state index in [2.05, 4.69) is 25.1 Å². The smallest absolute Gasteiger partial charge is 0.0615 e. The van der Waals surface area contributed by atoms with Gasteiger partial charge in [-0.2, -0.15) is 0 Å². The highest BCUT2D eigenvalue weighted by atomic mass is 16.5. The first-order valence-corrected chi connectivity index (χ1v) is 6.09. The van der Waals surface area contributed by atoms with Crippen molar-refractivity contribution in [3.8, 4) is 0 Å². The van der Waals surface area contributed by atoms with Crippen LogP contribution in [-0.4, -0.2) is 19.8 Å². The summed E-state index contributed by atoms with van der Waals surface area (Å²) < 4.78 is 5.49. The normalized spacial score (nSPS) is 21.6. The van der Waals surface area contributed by atoms with Crippen LogP contribution in [-0.2, 0) is 17.6 Å². The number of ether oxygens (including phenoxy) is 1. The third kappa shape index (κ3) is 2.13. The highest BCUT2D eigenvalue weighted by Crippen LogP contribution is 2.29. The maximum Gasteiger partial charge on any atom is 0.0615 e. The summed E-state index contributed by atoms with van der Waals surface area (Å²) in [5.74, 6) is 0.450. The number of hydrogen-bond donors (Lipinski definition) is 1. The van der Waals surface area contributed by atoms with Gasteiger partial charge >= 0.3 is 0 Å². The molecule has 1 aromatic rings. The fraction of sp³-hybridized carbons (Fsp3) is 0.571. The Kier molecular flexibility index (Phi) is 3.62. The Morgan fingerprint density at radius 2 is 2.31 bits per heavy atom. The van der Waals surface area contributed by atoms with Gasteiger partial charge in [0.2, 0.25) is 0 Å². The van der Waals surface area contributed by atoms with Crippen molar-refractivity contribution in [2.24, 2.45) is 5.73 Å². The van der Waals surface area contributed by atoms with Gasteiger partial charge in [0.05, 0.1) is 6.10 Å². The van der Waals surface area contributed by atoms with Gasteiger partial charge in [0, 0.05) is 7.11 Å². The second-order valence-electron chi connectivity index (χ2n) is 4.72. The molecule has 1 aromatic carbocycles. The van der Waals surface area contributed by atoms with Gasteiger partial charge in [-0.1, -0.05) is 25.1 Å². The summed E-state index contributed by atoms with van der Waals surface area (Å²) in [5.41, 5.74) is 10.2. The zero-order valence-electron chi connectivity index (χ0n) is 10.2. The second kappa shape index (κ2) is 4.98. The first kappa shape index (κ1) is 11.6. The van der Waals surface area contributed by atoms with Crippen LogP contribution in [0.25, 0.3) is 0 Å². The monoisotopic (exact) mass is 219 g/mol. The van der Waals surface area contributed by atoms with Crippen LogP contribution in [0.3, 0.4) is 0 Å². The number of hydrogen-bond acceptors (Lipinski definition) is 2. The Bertz CT molecular complexity index is 362. The van der Waals surface area contributed by atoms with Gasteiger partial charge in [0.25, 0.3) is 0 Å². The lowest BCUT2D eigenvalue weighted by atomic mass is 9.83. The van der Waals surface area contributed by atoms with E-state index >= 15 is 0 Å². The number of rotatable bonds is 3. The van der Waals surface area contributed by atoms with Crippen molar-refractivity contribution in [2.45, 2.75) is 38.2 Å². The lowest BCUT2D eigenvalue weighted by Crippen LogP contribution is -2.23. The lowest BCUT2D eigenvalue weighted by Gasteiger charge is -2.27. The van der Waals surface area contributed by atoms with E-state index in [0.717, 1.165) is 19.3 Å². The SMILES string of the molecule is CO[C@H]1CCc2cccc([C@H](C)CN)c2C1. The highest BCUT2D eigenvalue weighted by molar-refractivity contribution is 5.39. The highest BCUT2D eigenvalue weighted by Gasteiger charge is 2.21. The summed E-state index contributed by atoms with van der Waals surface area (Å²) in [4.78, 5) is 0. The minimum Gasteiger partial charge on any atom is -0.381 e. The fourth-order valence-corrected chi connectivity index (χ4v) is 2.57. The Labute approximate surface area is 97.8 Å². The van der Waals surface area contributed by atoms with Crippen molar-refractivity contribution >= 4 is 0 Å². The summed E-state index contributed by atoms with van der Waals surface area (Å²) in [6.07, 6.45) is 3.72. The largest absolute Gasteiger partial charge is 0.381 e. The van der Waals surface area contributed by atoms with E-state index in [1.165, 1.54) is 16.7 Å². The van der Waals surface area contributed by atoms with Crippen molar-refractivity contribution in [3.05, 3.63) is 34.9 Å². The molecule has 0 unspecified atom stereocenters. The molecule has 0 bridgehead atoms. The van der Waals surface area contributed by atoms with Crippen molar-refractivity contribution < 1.29 is 4.74 Å². The van der Waals surface area contributed by atoms with E-state index in [9.17, 15) is 0 Å². The number of benzene rings is 1. The zero-order chi connectivity index (χ0) is 11.5. The third-order valence-corrected chi connectivity index (χ3v) is 3.69. The topological polar surface area (TPSA) is 35.2 Å². The van der Waals surface area contributed by atoms with E-state index in [-0.39, 0.29) is 0 Å². The standard InChI is InChI=1S/C14H21NO/c1-10(9-15)13-5-3-4-11-6-7-12(16-2)8-14(11)13/h3-5,10,12H,6-9,15H2,1-2H3/t10-,12+/m1/s1. The van der Waals surface area contributed by atoms with Gasteiger partial charge < -0.3 is 10.5 Å². The van der Waals surface area contributed by atoms with Gasteiger partial charge in [-0.25, -0.2) is 0 Å². The Balaban J connectivity index is 2.34. The molecule has 2 heteroatoms. The summed E-state index contributed by atoms with van der Waals surface area (Å²) in [6, 6.07) is 6.62. The van der Waals surface area contributed by atoms with Crippen molar-refractivity contribution in [1.82, 2.24) is 0 Å². The first-order chi connectivity index (χ1) is 7.76. The van der Waals surface area contributed by atoms with Crippen molar-refractivity contribution in [2.75, 3.05) is 13.7 Å². The number of methoxy groups -OCH3 is 1. The molecule has 16 heavy (non-hydrogen) atoms. The first-order valence-electron chi connectivity index (χ1n) is 6.09. The quantitative estimate of drug-likeness (QED) is 0.846. The molecule has 88 valence electrons. The van der Waals surface area contributed by atoms with Crippen LogP contribution >= 0.6 is 0 Å². The summed E-state index contributed by atoms with van der Waals surface area (Å²) in [6.45, 7) is 2.92. The fourth-order valence-electron chi connectivity index (χ4n) is 2.57. The van der Waals surface area contributed by atoms with Gasteiger partial charge in [0.1, 0.15) is 0 Å². The van der Waals surface area contributed by atoms with Gasteiger partial charge in [0.15, 0.2) is 0 Å². The van der Waals surface area contributed by atoms with E-state index in [1.54, 1.807) is 0 Å². The molecule has 1 aliphatic rings. The molecule has 0 spiro atoms. The Morgan fingerprint density at radius 3 is 3.00 bits per heavy atom. The Hall–Kier alpha value is -0.860. The van der Waals surface area contributed by atoms with E-state index in [1.807, 2.05) is 7.11 Å². The van der Waals surface area contributed by atoms with Crippen LogP contribution in [0.2, 0.25) is 0 Å². The molecule has 0 fully saturated rings. The maximum atomic E-state index is 5.77. The van der Waals surface area contributed by atoms with E-state index in [4.69, 9.17) is 10.5 Å². The van der Waals surface area contributed by atoms with Crippen LogP contribution in [0.4, 0.5) is 0 Å². The van der Waals surface area contributed by atoms with E-state index < -0.39 is 0 Å². The molecule has 0 aromatic heterocycles. The predicted molar refractivity (Wildman–Crippen MR) is 66.7 cm³/mol. The maximum absolute atomic E-state index is 5.77. The number of aryl methyl sites for hydroxylation is 1. The second-order valence-corrected chi connectivity index (χ2v) is 4.72. The minimum atomic E-state index is 0.388. The zero-order valence-corrected chi connectivity index (χ0v) is 10.2. The molecular formula is C14H21NO. The molecule has 0 radical (unpaired) electrons. The molecule has 0 amide bonds. The summed E-state index contributed by atoms with van der Waals surface area (Å²) in [5, 5.41) is 0. The molecule has 0 aliphatic heterocycles. The average molecular weight is 219 g/mol. The molecule has 2 nitrogen and oxygen atoms in total. The van der Waals surface area contributed by atoms with E-state index in [0.29, 0.717) is 18.6 Å². The molecular weight excluding hydrogens is 198 g/mol. The summed E-state index contributed by atoms with van der Waals surface area (Å²) in [7, 11) is 1.81. The van der Waals surface area contributed by atoms with Gasteiger partial charge in [-0.05, 0) is 48.4 Å². The third-order valence-electron chi connectivity index (χ3n) is 3.69. The number of fused-ring (bicyclic) bond motifs is 1. The molecule has 2 rings (SSSR count). The van der Waals surface area contributed by atoms with Gasteiger partial charge in [-0.15, -0.1) is 0 Å². The van der Waals surface area contributed by atoms with Crippen LogP contribution in [0.5, 0.6) is 0 Å². The molecule has 2 atom stereocenters. The van der Waals surface area contributed by atoms with Crippen LogP contribution in [0.1, 0.15) is 36.0 Å². The average Bonchev–Trinajstić information content (AvgIpc) is 2.36. The molecule has 0 saturated heterocycles. The van der Waals surface area contributed by atoms with Crippen LogP contribution < -0.4 is 5.73 Å². The Morgan fingerprint density at radius 1 is 1.50 bits per heavy atom. The molecule has 2 N–H and O–H groups in total. The summed E-state index contributed by atoms with van der Waals surface area (Å²) >= 11 is 0. The molecule has 0 heterocycles. The van der Waals surface area contributed by atoms with Crippen LogP contribution in [0.15, 0.2) is 18.2 Å². The van der Waals surface area contributed by atoms with Crippen molar-refractivity contribution in [1.29, 1.82) is 0 Å². The molecule has 1 aliphatic carbocycles. The lowest BCUT2D eigenvalue weighted by molar-refractivity contribution is 0.0908. The minimum absolute atomic E-state index is 0.388. The number of nitrogens with two attached hydrogens (primary N) is 1. The molecule has 0 saturated carbocycles. The van der Waals surface area contributed by atoms with Crippen LogP contribution in [0, 0.1) is 0 Å². The van der Waals surface area contributed by atoms with Crippen molar-refractivity contribution in [3.63, 3.8) is 0 Å². The van der Waals surface area contributed by atoms with Gasteiger partial charge in [-0.3, -0.25) is 0 Å².